The molecule has 1 heterocycles. The van der Waals surface area contributed by atoms with E-state index in [4.69, 9.17) is 5.73 Å². The SMILES string of the molecule is CCc1cccc(N[C@@H](C)C(=O)c2c(N)n(C)c(=O)n(C)c2=O)c1. The number of nitrogens with one attached hydrogen (secondary N) is 1. The predicted octanol–water partition coefficient (Wildman–Crippen LogP) is 0.912. The monoisotopic (exact) mass is 330 g/mol. The fourth-order valence-electron chi connectivity index (χ4n) is 2.50. The average molecular weight is 330 g/mol. The lowest BCUT2D eigenvalue weighted by Gasteiger charge is -2.17. The molecule has 7 heteroatoms. The minimum atomic E-state index is -0.684. The zero-order valence-corrected chi connectivity index (χ0v) is 14.3. The summed E-state index contributed by atoms with van der Waals surface area (Å²) in [6, 6.07) is 7.04. The highest BCUT2D eigenvalue weighted by Gasteiger charge is 2.24. The molecule has 0 radical (unpaired) electrons. The molecule has 3 N–H and O–H groups in total. The predicted molar refractivity (Wildman–Crippen MR) is 94.6 cm³/mol. The first-order chi connectivity index (χ1) is 11.3. The van der Waals surface area contributed by atoms with Crippen LogP contribution in [0.1, 0.15) is 29.8 Å². The Balaban J connectivity index is 2.38. The van der Waals surface area contributed by atoms with Gasteiger partial charge in [0.05, 0.1) is 6.04 Å². The van der Waals surface area contributed by atoms with Crippen molar-refractivity contribution in [2.45, 2.75) is 26.3 Å². The Morgan fingerprint density at radius 1 is 1.25 bits per heavy atom. The third kappa shape index (κ3) is 3.10. The summed E-state index contributed by atoms with van der Waals surface area (Å²) in [6.07, 6.45) is 0.881. The summed E-state index contributed by atoms with van der Waals surface area (Å²) >= 11 is 0. The molecule has 1 atom stereocenters. The Morgan fingerprint density at radius 3 is 2.54 bits per heavy atom. The number of nitrogens with two attached hydrogens (primary N) is 1. The number of benzene rings is 1. The molecule has 0 aliphatic rings. The van der Waals surface area contributed by atoms with E-state index in [9.17, 15) is 14.4 Å². The molecule has 0 unspecified atom stereocenters. The summed E-state index contributed by atoms with van der Waals surface area (Å²) in [5, 5.41) is 3.08. The van der Waals surface area contributed by atoms with Gasteiger partial charge in [-0.3, -0.25) is 18.7 Å². The normalized spacial score (nSPS) is 12.0. The van der Waals surface area contributed by atoms with E-state index < -0.39 is 23.1 Å². The molecule has 2 rings (SSSR count). The Kier molecular flexibility index (Phi) is 4.92. The topological polar surface area (TPSA) is 99.1 Å². The van der Waals surface area contributed by atoms with Crippen LogP contribution in [0.4, 0.5) is 11.5 Å². The fraction of sp³-hybridized carbons (Fsp3) is 0.353. The second kappa shape index (κ2) is 6.74. The van der Waals surface area contributed by atoms with Crippen LogP contribution in [0.25, 0.3) is 0 Å². The fourth-order valence-corrected chi connectivity index (χ4v) is 2.50. The van der Waals surface area contributed by atoms with Gasteiger partial charge in [-0.05, 0) is 31.0 Å². The number of aryl methyl sites for hydroxylation is 1. The van der Waals surface area contributed by atoms with Crippen molar-refractivity contribution in [3.8, 4) is 0 Å². The van der Waals surface area contributed by atoms with Gasteiger partial charge in [-0.25, -0.2) is 4.79 Å². The van der Waals surface area contributed by atoms with Crippen LogP contribution in [-0.2, 0) is 20.5 Å². The highest BCUT2D eigenvalue weighted by atomic mass is 16.2. The smallest absolute Gasteiger partial charge is 0.332 e. The maximum Gasteiger partial charge on any atom is 0.332 e. The van der Waals surface area contributed by atoms with Crippen LogP contribution in [-0.4, -0.2) is 21.0 Å². The molecule has 7 nitrogen and oxygen atoms in total. The molecular weight excluding hydrogens is 308 g/mol. The first-order valence-corrected chi connectivity index (χ1v) is 7.73. The summed E-state index contributed by atoms with van der Waals surface area (Å²) < 4.78 is 1.98. The van der Waals surface area contributed by atoms with E-state index >= 15 is 0 Å². The number of hydrogen-bond acceptors (Lipinski definition) is 5. The second-order valence-corrected chi connectivity index (χ2v) is 5.75. The molecule has 128 valence electrons. The number of carbonyl (C=O) groups is 1. The molecule has 0 amide bonds. The molecule has 0 spiro atoms. The van der Waals surface area contributed by atoms with Crippen molar-refractivity contribution < 1.29 is 4.79 Å². The molecule has 2 aromatic rings. The maximum atomic E-state index is 12.7. The van der Waals surface area contributed by atoms with E-state index in [2.05, 4.69) is 5.32 Å². The van der Waals surface area contributed by atoms with E-state index in [1.807, 2.05) is 31.2 Å². The average Bonchev–Trinajstić information content (AvgIpc) is 2.58. The van der Waals surface area contributed by atoms with E-state index in [0.717, 1.165) is 26.8 Å². The van der Waals surface area contributed by atoms with Crippen molar-refractivity contribution in [3.05, 3.63) is 56.2 Å². The van der Waals surface area contributed by atoms with E-state index in [1.54, 1.807) is 6.92 Å². The minimum absolute atomic E-state index is 0.121. The molecule has 0 aliphatic heterocycles. The highest BCUT2D eigenvalue weighted by Crippen LogP contribution is 2.14. The Labute approximate surface area is 139 Å². The van der Waals surface area contributed by atoms with E-state index in [0.29, 0.717) is 0 Å². The standard InChI is InChI=1S/C17H22N4O3/c1-5-11-7-6-8-12(9-11)19-10(2)14(22)13-15(18)20(3)17(24)21(4)16(13)23/h6-10,19H,5,18H2,1-4H3/t10-/m0/s1. The third-order valence-electron chi connectivity index (χ3n) is 4.07. The Hall–Kier alpha value is -2.83. The van der Waals surface area contributed by atoms with Crippen molar-refractivity contribution in [3.63, 3.8) is 0 Å². The number of ketones is 1. The molecule has 0 saturated heterocycles. The van der Waals surface area contributed by atoms with Gasteiger partial charge < -0.3 is 11.1 Å². The number of hydrogen-bond donors (Lipinski definition) is 2. The van der Waals surface area contributed by atoms with Gasteiger partial charge in [0.2, 0.25) is 0 Å². The zero-order valence-electron chi connectivity index (χ0n) is 14.3. The summed E-state index contributed by atoms with van der Waals surface area (Å²) in [5.41, 5.74) is 6.33. The minimum Gasteiger partial charge on any atom is -0.384 e. The number of anilines is 2. The number of nitrogens with zero attached hydrogens (tertiary/aromatic N) is 2. The number of rotatable bonds is 5. The number of Topliss-reactive ketones (excluding diaryl/α,β-unsaturated/α-hetero) is 1. The quantitative estimate of drug-likeness (QED) is 0.794. The van der Waals surface area contributed by atoms with Crippen LogP contribution in [0.3, 0.4) is 0 Å². The molecule has 1 aromatic carbocycles. The molecule has 1 aromatic heterocycles. The van der Waals surface area contributed by atoms with Gasteiger partial charge in [-0.1, -0.05) is 19.1 Å². The van der Waals surface area contributed by atoms with Crippen molar-refractivity contribution in [2.24, 2.45) is 14.1 Å². The first kappa shape index (κ1) is 17.5. The van der Waals surface area contributed by atoms with E-state index in [-0.39, 0.29) is 11.4 Å². The largest absolute Gasteiger partial charge is 0.384 e. The lowest BCUT2D eigenvalue weighted by Crippen LogP contribution is -2.43. The van der Waals surface area contributed by atoms with Crippen LogP contribution in [0.15, 0.2) is 33.9 Å². The van der Waals surface area contributed by atoms with Crippen molar-refractivity contribution in [1.29, 1.82) is 0 Å². The lowest BCUT2D eigenvalue weighted by atomic mass is 10.1. The zero-order chi connectivity index (χ0) is 18.0. The second-order valence-electron chi connectivity index (χ2n) is 5.75. The van der Waals surface area contributed by atoms with Gasteiger partial charge in [-0.15, -0.1) is 0 Å². The number of carbonyl (C=O) groups excluding carboxylic acids is 1. The molecule has 24 heavy (non-hydrogen) atoms. The van der Waals surface area contributed by atoms with Crippen molar-refractivity contribution in [2.75, 3.05) is 11.1 Å². The van der Waals surface area contributed by atoms with Gasteiger partial charge in [0.25, 0.3) is 5.56 Å². The van der Waals surface area contributed by atoms with Crippen LogP contribution < -0.4 is 22.3 Å². The lowest BCUT2D eigenvalue weighted by molar-refractivity contribution is 0.0973. The van der Waals surface area contributed by atoms with Gasteiger partial charge in [0.15, 0.2) is 5.78 Å². The van der Waals surface area contributed by atoms with Gasteiger partial charge >= 0.3 is 5.69 Å². The summed E-state index contributed by atoms with van der Waals surface area (Å²) in [5.74, 6) is -0.574. The molecule has 0 saturated carbocycles. The molecule has 0 bridgehead atoms. The van der Waals surface area contributed by atoms with Gasteiger partial charge in [0.1, 0.15) is 11.4 Å². The molecule has 0 fully saturated rings. The number of nitrogen functional groups attached to an aromatic ring is 1. The van der Waals surface area contributed by atoms with Crippen LogP contribution in [0.5, 0.6) is 0 Å². The summed E-state index contributed by atoms with van der Waals surface area (Å²) in [4.78, 5) is 36.8. The number of aromatic nitrogens is 2. The van der Waals surface area contributed by atoms with Crippen molar-refractivity contribution in [1.82, 2.24) is 9.13 Å². The molecule has 0 aliphatic carbocycles. The van der Waals surface area contributed by atoms with Gasteiger partial charge in [0, 0.05) is 19.8 Å². The Morgan fingerprint density at radius 2 is 1.92 bits per heavy atom. The maximum absolute atomic E-state index is 12.7. The van der Waals surface area contributed by atoms with Crippen LogP contribution in [0, 0.1) is 0 Å². The third-order valence-corrected chi connectivity index (χ3v) is 4.07. The summed E-state index contributed by atoms with van der Waals surface area (Å²) in [6.45, 7) is 3.70. The highest BCUT2D eigenvalue weighted by molar-refractivity contribution is 6.04. The Bertz CT molecular complexity index is 896. The van der Waals surface area contributed by atoms with Crippen LogP contribution >= 0.6 is 0 Å². The van der Waals surface area contributed by atoms with Gasteiger partial charge in [-0.2, -0.15) is 0 Å². The molecular formula is C17H22N4O3. The van der Waals surface area contributed by atoms with Crippen molar-refractivity contribution >= 4 is 17.3 Å². The summed E-state index contributed by atoms with van der Waals surface area (Å²) in [7, 11) is 2.75. The first-order valence-electron chi connectivity index (χ1n) is 7.73. The van der Waals surface area contributed by atoms with Crippen LogP contribution in [0.2, 0.25) is 0 Å². The van der Waals surface area contributed by atoms with E-state index in [1.165, 1.54) is 14.1 Å².